The highest BCUT2D eigenvalue weighted by Crippen LogP contribution is 2.35. The number of thiophene rings is 1. The number of tetrazole rings is 1. The van der Waals surface area contributed by atoms with Crippen molar-refractivity contribution < 1.29 is 4.74 Å². The number of ether oxygens (including phenoxy) is 1. The van der Waals surface area contributed by atoms with Gasteiger partial charge in [0.1, 0.15) is 6.04 Å². The average molecular weight is 432 g/mol. The third kappa shape index (κ3) is 3.45. The lowest BCUT2D eigenvalue weighted by Crippen LogP contribution is -2.23. The lowest BCUT2D eigenvalue weighted by atomic mass is 10.0. The number of rotatable bonds is 6. The van der Waals surface area contributed by atoms with Crippen molar-refractivity contribution in [1.29, 1.82) is 0 Å². The second-order valence-corrected chi connectivity index (χ2v) is 8.66. The van der Waals surface area contributed by atoms with Crippen LogP contribution in [-0.4, -0.2) is 42.9 Å². The molecule has 1 aliphatic heterocycles. The maximum Gasteiger partial charge on any atom is 0.178 e. The number of nitrogens with one attached hydrogen (secondary N) is 2. The maximum atomic E-state index is 5.83. The predicted octanol–water partition coefficient (Wildman–Crippen LogP) is 4.14. The molecule has 9 heteroatoms. The van der Waals surface area contributed by atoms with E-state index in [4.69, 9.17) is 4.74 Å². The maximum absolute atomic E-state index is 5.83. The van der Waals surface area contributed by atoms with E-state index in [0.717, 1.165) is 47.6 Å². The Kier molecular flexibility index (Phi) is 4.62. The Morgan fingerprint density at radius 3 is 3.16 bits per heavy atom. The number of nitrogens with zero attached hydrogens (tertiary/aromatic N) is 5. The van der Waals surface area contributed by atoms with Gasteiger partial charge < -0.3 is 15.0 Å². The van der Waals surface area contributed by atoms with E-state index in [1.54, 1.807) is 17.7 Å². The highest BCUT2D eigenvalue weighted by molar-refractivity contribution is 7.17. The summed E-state index contributed by atoms with van der Waals surface area (Å²) in [5, 5.41) is 19.8. The van der Waals surface area contributed by atoms with Gasteiger partial charge in [-0.1, -0.05) is 18.2 Å². The number of aromatic nitrogens is 6. The fourth-order valence-corrected chi connectivity index (χ4v) is 5.21. The van der Waals surface area contributed by atoms with Crippen molar-refractivity contribution in [3.8, 4) is 0 Å². The molecule has 5 aromatic rings. The molecule has 3 aromatic heterocycles. The molecule has 6 rings (SSSR count). The average Bonchev–Trinajstić information content (AvgIpc) is 3.59. The summed E-state index contributed by atoms with van der Waals surface area (Å²) in [6, 6.07) is 14.4. The van der Waals surface area contributed by atoms with Crippen molar-refractivity contribution in [2.24, 2.45) is 0 Å². The van der Waals surface area contributed by atoms with Crippen molar-refractivity contribution in [1.82, 2.24) is 30.2 Å². The summed E-state index contributed by atoms with van der Waals surface area (Å²) in [7, 11) is 0. The number of benzene rings is 2. The van der Waals surface area contributed by atoms with Crippen LogP contribution in [0.15, 0.2) is 54.2 Å². The van der Waals surface area contributed by atoms with Gasteiger partial charge in [-0.3, -0.25) is 0 Å². The normalized spacial score (nSPS) is 17.5. The lowest BCUT2D eigenvalue weighted by Gasteiger charge is -2.20. The van der Waals surface area contributed by atoms with Gasteiger partial charge in [0, 0.05) is 22.6 Å². The third-order valence-corrected chi connectivity index (χ3v) is 6.75. The first-order valence-corrected chi connectivity index (χ1v) is 11.3. The molecule has 31 heavy (non-hydrogen) atoms. The van der Waals surface area contributed by atoms with E-state index in [1.807, 2.05) is 16.8 Å². The SMILES string of the molecule is c1ccc2c(C(Nc3ccc4[nH]cnc4c3)c3nnnn3CC3CCCO3)csc2c1. The van der Waals surface area contributed by atoms with Gasteiger partial charge in [0.15, 0.2) is 5.82 Å². The molecule has 0 radical (unpaired) electrons. The van der Waals surface area contributed by atoms with E-state index >= 15 is 0 Å². The Hall–Kier alpha value is -3.30. The second-order valence-electron chi connectivity index (χ2n) is 7.75. The van der Waals surface area contributed by atoms with E-state index in [-0.39, 0.29) is 12.1 Å². The molecule has 1 fully saturated rings. The van der Waals surface area contributed by atoms with Crippen LogP contribution in [0.1, 0.15) is 30.3 Å². The summed E-state index contributed by atoms with van der Waals surface area (Å²) in [5.41, 5.74) is 4.04. The van der Waals surface area contributed by atoms with Crippen LogP contribution < -0.4 is 5.32 Å². The Labute approximate surface area is 182 Å². The van der Waals surface area contributed by atoms with Crippen molar-refractivity contribution in [2.45, 2.75) is 31.5 Å². The van der Waals surface area contributed by atoms with E-state index in [0.29, 0.717) is 6.54 Å². The first kappa shape index (κ1) is 18.5. The van der Waals surface area contributed by atoms with Gasteiger partial charge in [0.2, 0.25) is 0 Å². The van der Waals surface area contributed by atoms with Crippen LogP contribution in [0.5, 0.6) is 0 Å². The van der Waals surface area contributed by atoms with Crippen LogP contribution in [0.3, 0.4) is 0 Å². The summed E-state index contributed by atoms with van der Waals surface area (Å²) in [4.78, 5) is 7.53. The Morgan fingerprint density at radius 2 is 2.23 bits per heavy atom. The molecule has 2 aromatic carbocycles. The fourth-order valence-electron chi connectivity index (χ4n) is 4.22. The minimum Gasteiger partial charge on any atom is -0.376 e. The first-order valence-electron chi connectivity index (χ1n) is 10.4. The number of aromatic amines is 1. The van der Waals surface area contributed by atoms with E-state index in [2.05, 4.69) is 66.5 Å². The number of hydrogen-bond acceptors (Lipinski definition) is 7. The molecule has 0 saturated carbocycles. The standard InChI is InChI=1S/C22H21N7OS/c1-2-6-20-16(5-1)17(12-31-20)21(25-14-7-8-18-19(10-14)24-13-23-18)22-26-27-28-29(22)11-15-4-3-9-30-15/h1-2,5-8,10,12-13,15,21,25H,3-4,9,11H2,(H,23,24). The van der Waals surface area contributed by atoms with Gasteiger partial charge in [0.25, 0.3) is 0 Å². The smallest absolute Gasteiger partial charge is 0.178 e. The highest BCUT2D eigenvalue weighted by Gasteiger charge is 2.26. The van der Waals surface area contributed by atoms with Gasteiger partial charge in [-0.2, -0.15) is 0 Å². The zero-order chi connectivity index (χ0) is 20.6. The molecule has 4 heterocycles. The molecule has 0 aliphatic carbocycles. The van der Waals surface area contributed by atoms with Crippen LogP contribution in [0.2, 0.25) is 0 Å². The largest absolute Gasteiger partial charge is 0.376 e. The summed E-state index contributed by atoms with van der Waals surface area (Å²) in [5.74, 6) is 0.779. The molecular weight excluding hydrogens is 410 g/mol. The van der Waals surface area contributed by atoms with E-state index in [9.17, 15) is 0 Å². The fraction of sp³-hybridized carbons (Fsp3) is 0.273. The first-order chi connectivity index (χ1) is 15.3. The lowest BCUT2D eigenvalue weighted by molar-refractivity contribution is 0.0925. The molecule has 1 saturated heterocycles. The second kappa shape index (κ2) is 7.75. The zero-order valence-corrected chi connectivity index (χ0v) is 17.5. The number of hydrogen-bond donors (Lipinski definition) is 2. The van der Waals surface area contributed by atoms with Crippen molar-refractivity contribution in [3.05, 3.63) is 65.6 Å². The van der Waals surface area contributed by atoms with E-state index < -0.39 is 0 Å². The van der Waals surface area contributed by atoms with Gasteiger partial charge in [-0.15, -0.1) is 16.4 Å². The topological polar surface area (TPSA) is 93.5 Å². The molecule has 0 amide bonds. The molecule has 2 N–H and O–H groups in total. The van der Waals surface area contributed by atoms with Crippen LogP contribution in [0, 0.1) is 0 Å². The third-order valence-electron chi connectivity index (χ3n) is 5.77. The number of fused-ring (bicyclic) bond motifs is 2. The van der Waals surface area contributed by atoms with Gasteiger partial charge in [-0.05, 0) is 58.3 Å². The van der Waals surface area contributed by atoms with Crippen LogP contribution in [-0.2, 0) is 11.3 Å². The zero-order valence-electron chi connectivity index (χ0n) is 16.7. The predicted molar refractivity (Wildman–Crippen MR) is 120 cm³/mol. The monoisotopic (exact) mass is 431 g/mol. The van der Waals surface area contributed by atoms with Crippen molar-refractivity contribution in [3.63, 3.8) is 0 Å². The summed E-state index contributed by atoms with van der Waals surface area (Å²) >= 11 is 1.73. The number of anilines is 1. The molecule has 8 nitrogen and oxygen atoms in total. The van der Waals surface area contributed by atoms with Gasteiger partial charge in [0.05, 0.1) is 30.0 Å². The minimum absolute atomic E-state index is 0.155. The molecule has 0 spiro atoms. The Balaban J connectivity index is 1.43. The van der Waals surface area contributed by atoms with E-state index in [1.165, 1.54) is 10.1 Å². The molecular formula is C22H21N7OS. The van der Waals surface area contributed by atoms with Gasteiger partial charge >= 0.3 is 0 Å². The summed E-state index contributed by atoms with van der Waals surface area (Å²) in [6.07, 6.45) is 3.99. The van der Waals surface area contributed by atoms with Crippen molar-refractivity contribution in [2.75, 3.05) is 11.9 Å². The number of imidazole rings is 1. The molecule has 0 bridgehead atoms. The number of H-pyrrole nitrogens is 1. The van der Waals surface area contributed by atoms with Crippen LogP contribution >= 0.6 is 11.3 Å². The van der Waals surface area contributed by atoms with Gasteiger partial charge in [-0.25, -0.2) is 9.67 Å². The van der Waals surface area contributed by atoms with Crippen molar-refractivity contribution >= 4 is 38.1 Å². The Bertz CT molecular complexity index is 1330. The summed E-state index contributed by atoms with van der Waals surface area (Å²) < 4.78 is 8.96. The molecule has 1 aliphatic rings. The Morgan fingerprint density at radius 1 is 1.26 bits per heavy atom. The minimum atomic E-state index is -0.205. The van der Waals surface area contributed by atoms with Crippen LogP contribution in [0.4, 0.5) is 5.69 Å². The molecule has 2 unspecified atom stereocenters. The summed E-state index contributed by atoms with van der Waals surface area (Å²) in [6.45, 7) is 1.46. The highest BCUT2D eigenvalue weighted by atomic mass is 32.1. The quantitative estimate of drug-likeness (QED) is 0.420. The molecule has 156 valence electrons. The van der Waals surface area contributed by atoms with Crippen LogP contribution in [0.25, 0.3) is 21.1 Å². The molecule has 2 atom stereocenters.